The van der Waals surface area contributed by atoms with E-state index in [0.717, 1.165) is 26.0 Å². The molecular formula is C13H27NO3. The van der Waals surface area contributed by atoms with Gasteiger partial charge < -0.3 is 14.8 Å². The number of nitrogens with one attached hydrogen (secondary N) is 1. The molecule has 0 amide bonds. The number of hydrogen-bond acceptors (Lipinski definition) is 4. The summed E-state index contributed by atoms with van der Waals surface area (Å²) in [4.78, 5) is 11.4. The number of rotatable bonds is 10. The van der Waals surface area contributed by atoms with E-state index in [-0.39, 0.29) is 12.0 Å². The molecule has 0 aromatic carbocycles. The van der Waals surface area contributed by atoms with Crippen molar-refractivity contribution in [3.05, 3.63) is 0 Å². The molecule has 0 saturated carbocycles. The summed E-state index contributed by atoms with van der Waals surface area (Å²) in [7, 11) is 1.42. The van der Waals surface area contributed by atoms with Gasteiger partial charge in [0.2, 0.25) is 0 Å². The van der Waals surface area contributed by atoms with Gasteiger partial charge in [-0.3, -0.25) is 4.79 Å². The summed E-state index contributed by atoms with van der Waals surface area (Å²) in [6.45, 7) is 8.60. The zero-order valence-electron chi connectivity index (χ0n) is 11.6. The van der Waals surface area contributed by atoms with E-state index in [1.165, 1.54) is 7.11 Å². The normalized spacial score (nSPS) is 12.8. The molecule has 0 fully saturated rings. The Hall–Kier alpha value is -0.610. The van der Waals surface area contributed by atoms with Crippen LogP contribution in [-0.4, -0.2) is 38.9 Å². The zero-order chi connectivity index (χ0) is 13.1. The van der Waals surface area contributed by atoms with Gasteiger partial charge in [-0.1, -0.05) is 20.8 Å². The second-order valence-corrected chi connectivity index (χ2v) is 4.61. The van der Waals surface area contributed by atoms with Crippen molar-refractivity contribution in [1.29, 1.82) is 0 Å². The van der Waals surface area contributed by atoms with Crippen LogP contribution in [0.5, 0.6) is 0 Å². The maximum absolute atomic E-state index is 11.4. The van der Waals surface area contributed by atoms with Crippen molar-refractivity contribution in [2.75, 3.05) is 26.9 Å². The van der Waals surface area contributed by atoms with Crippen LogP contribution in [0.3, 0.4) is 0 Å². The highest BCUT2D eigenvalue weighted by molar-refractivity contribution is 5.75. The molecule has 0 bridgehead atoms. The molecule has 4 heteroatoms. The van der Waals surface area contributed by atoms with E-state index < -0.39 is 0 Å². The van der Waals surface area contributed by atoms with E-state index in [9.17, 15) is 4.79 Å². The van der Waals surface area contributed by atoms with Gasteiger partial charge in [-0.2, -0.15) is 0 Å². The lowest BCUT2D eigenvalue weighted by Gasteiger charge is -2.16. The Kier molecular flexibility index (Phi) is 10.2. The third-order valence-electron chi connectivity index (χ3n) is 2.52. The number of esters is 1. The molecule has 0 aliphatic rings. The predicted octanol–water partition coefficient (Wildman–Crippen LogP) is 1.98. The second kappa shape index (κ2) is 10.5. The molecular weight excluding hydrogens is 218 g/mol. The fourth-order valence-electron chi connectivity index (χ4n) is 1.39. The SMILES string of the molecule is CCCNC(CCOCCC(C)C)C(=O)OC. The Balaban J connectivity index is 3.71. The Morgan fingerprint density at radius 1 is 1.24 bits per heavy atom. The Morgan fingerprint density at radius 3 is 2.41 bits per heavy atom. The van der Waals surface area contributed by atoms with Crippen molar-refractivity contribution >= 4 is 5.97 Å². The van der Waals surface area contributed by atoms with Crippen molar-refractivity contribution in [2.45, 2.75) is 46.1 Å². The molecule has 0 aromatic rings. The first-order valence-corrected chi connectivity index (χ1v) is 6.50. The standard InChI is InChI=1S/C13H27NO3/c1-5-8-14-12(13(15)16-4)7-10-17-9-6-11(2)3/h11-12,14H,5-10H2,1-4H3. The van der Waals surface area contributed by atoms with Crippen LogP contribution in [0.4, 0.5) is 0 Å². The van der Waals surface area contributed by atoms with Crippen LogP contribution in [0.15, 0.2) is 0 Å². The Labute approximate surface area is 105 Å². The van der Waals surface area contributed by atoms with E-state index >= 15 is 0 Å². The van der Waals surface area contributed by atoms with Crippen molar-refractivity contribution in [1.82, 2.24) is 5.32 Å². The summed E-state index contributed by atoms with van der Waals surface area (Å²) in [6, 6.07) is -0.237. The molecule has 0 aromatic heterocycles. The first-order chi connectivity index (χ1) is 8.11. The molecule has 4 nitrogen and oxygen atoms in total. The van der Waals surface area contributed by atoms with Crippen molar-refractivity contribution in [3.8, 4) is 0 Å². The fourth-order valence-corrected chi connectivity index (χ4v) is 1.39. The van der Waals surface area contributed by atoms with Gasteiger partial charge in [0.05, 0.1) is 7.11 Å². The van der Waals surface area contributed by atoms with E-state index in [1.807, 2.05) is 0 Å². The minimum Gasteiger partial charge on any atom is -0.468 e. The van der Waals surface area contributed by atoms with Crippen LogP contribution in [0.1, 0.15) is 40.0 Å². The molecule has 1 unspecified atom stereocenters. The molecule has 0 aliphatic carbocycles. The fraction of sp³-hybridized carbons (Fsp3) is 0.923. The Morgan fingerprint density at radius 2 is 1.88 bits per heavy atom. The van der Waals surface area contributed by atoms with Gasteiger partial charge in [0, 0.05) is 13.2 Å². The molecule has 17 heavy (non-hydrogen) atoms. The van der Waals surface area contributed by atoms with Crippen LogP contribution in [0.2, 0.25) is 0 Å². The highest BCUT2D eigenvalue weighted by atomic mass is 16.5. The smallest absolute Gasteiger partial charge is 0.322 e. The third kappa shape index (κ3) is 9.12. The monoisotopic (exact) mass is 245 g/mol. The third-order valence-corrected chi connectivity index (χ3v) is 2.52. The van der Waals surface area contributed by atoms with Gasteiger partial charge in [-0.25, -0.2) is 0 Å². The van der Waals surface area contributed by atoms with Gasteiger partial charge in [0.25, 0.3) is 0 Å². The zero-order valence-corrected chi connectivity index (χ0v) is 11.6. The number of carbonyl (C=O) groups is 1. The molecule has 0 radical (unpaired) electrons. The van der Waals surface area contributed by atoms with Crippen LogP contribution < -0.4 is 5.32 Å². The lowest BCUT2D eigenvalue weighted by Crippen LogP contribution is -2.39. The van der Waals surface area contributed by atoms with Gasteiger partial charge in [-0.05, 0) is 31.7 Å². The second-order valence-electron chi connectivity index (χ2n) is 4.61. The lowest BCUT2D eigenvalue weighted by molar-refractivity contribution is -0.143. The van der Waals surface area contributed by atoms with E-state index in [0.29, 0.717) is 18.9 Å². The molecule has 1 N–H and O–H groups in total. The Bertz CT molecular complexity index is 195. The maximum atomic E-state index is 11.4. The molecule has 0 spiro atoms. The summed E-state index contributed by atoms with van der Waals surface area (Å²) in [5, 5.41) is 3.17. The van der Waals surface area contributed by atoms with Crippen LogP contribution in [-0.2, 0) is 14.3 Å². The van der Waals surface area contributed by atoms with Gasteiger partial charge in [0.15, 0.2) is 0 Å². The molecule has 1 atom stereocenters. The first-order valence-electron chi connectivity index (χ1n) is 6.50. The first kappa shape index (κ1) is 16.4. The maximum Gasteiger partial charge on any atom is 0.322 e. The van der Waals surface area contributed by atoms with Gasteiger partial charge in [-0.15, -0.1) is 0 Å². The highest BCUT2D eigenvalue weighted by Crippen LogP contribution is 2.01. The topological polar surface area (TPSA) is 47.6 Å². The molecule has 0 saturated heterocycles. The van der Waals surface area contributed by atoms with E-state index in [1.54, 1.807) is 0 Å². The lowest BCUT2D eigenvalue weighted by atomic mass is 10.1. The average molecular weight is 245 g/mol. The van der Waals surface area contributed by atoms with Crippen LogP contribution in [0.25, 0.3) is 0 Å². The van der Waals surface area contributed by atoms with Crippen molar-refractivity contribution < 1.29 is 14.3 Å². The molecule has 0 aliphatic heterocycles. The quantitative estimate of drug-likeness (QED) is 0.472. The number of methoxy groups -OCH3 is 1. The van der Waals surface area contributed by atoms with Crippen molar-refractivity contribution in [2.24, 2.45) is 5.92 Å². The largest absolute Gasteiger partial charge is 0.468 e. The van der Waals surface area contributed by atoms with E-state index in [2.05, 4.69) is 26.1 Å². The predicted molar refractivity (Wildman–Crippen MR) is 69.0 cm³/mol. The summed E-state index contributed by atoms with van der Waals surface area (Å²) in [6.07, 6.45) is 2.73. The van der Waals surface area contributed by atoms with E-state index in [4.69, 9.17) is 9.47 Å². The highest BCUT2D eigenvalue weighted by Gasteiger charge is 2.17. The summed E-state index contributed by atoms with van der Waals surface area (Å²) in [5.41, 5.74) is 0. The molecule has 0 heterocycles. The molecule has 102 valence electrons. The summed E-state index contributed by atoms with van der Waals surface area (Å²) < 4.78 is 10.2. The van der Waals surface area contributed by atoms with Gasteiger partial charge >= 0.3 is 5.97 Å². The van der Waals surface area contributed by atoms with Crippen LogP contribution in [0, 0.1) is 5.92 Å². The number of carbonyl (C=O) groups excluding carboxylic acids is 1. The number of ether oxygens (including phenoxy) is 2. The minimum absolute atomic E-state index is 0.203. The number of hydrogen-bond donors (Lipinski definition) is 1. The van der Waals surface area contributed by atoms with Gasteiger partial charge in [0.1, 0.15) is 6.04 Å². The average Bonchev–Trinajstić information content (AvgIpc) is 2.31. The summed E-state index contributed by atoms with van der Waals surface area (Å²) >= 11 is 0. The minimum atomic E-state index is -0.237. The summed E-state index contributed by atoms with van der Waals surface area (Å²) in [5.74, 6) is 0.454. The molecule has 0 rings (SSSR count). The van der Waals surface area contributed by atoms with Crippen molar-refractivity contribution in [3.63, 3.8) is 0 Å². The van der Waals surface area contributed by atoms with Crippen LogP contribution >= 0.6 is 0 Å².